The minimum atomic E-state index is 0.189. The maximum atomic E-state index is 6.07. The number of ether oxygens (including phenoxy) is 2. The first-order valence-corrected chi connectivity index (χ1v) is 7.89. The van der Waals surface area contributed by atoms with Crippen LogP contribution in [0.4, 0.5) is 0 Å². The number of likely N-dealkylation sites (N-methyl/N-ethyl adjacent to an activating group) is 1. The molecule has 2 fully saturated rings. The van der Waals surface area contributed by atoms with Gasteiger partial charge in [0, 0.05) is 25.5 Å². The first-order valence-electron chi connectivity index (χ1n) is 6.74. The summed E-state index contributed by atoms with van der Waals surface area (Å²) in [5, 5.41) is 3.57. The third-order valence-corrected chi connectivity index (χ3v) is 5.20. The van der Waals surface area contributed by atoms with Crippen LogP contribution in [0, 0.1) is 5.92 Å². The predicted octanol–water partition coefficient (Wildman–Crippen LogP) is 1.91. The van der Waals surface area contributed by atoms with E-state index in [1.165, 1.54) is 30.8 Å². The summed E-state index contributed by atoms with van der Waals surface area (Å²) in [5.74, 6) is 3.17. The van der Waals surface area contributed by atoms with E-state index in [1.807, 2.05) is 11.8 Å². The van der Waals surface area contributed by atoms with Crippen molar-refractivity contribution in [1.82, 2.24) is 5.32 Å². The molecule has 0 bridgehead atoms. The highest BCUT2D eigenvalue weighted by Gasteiger charge is 2.42. The zero-order chi connectivity index (χ0) is 12.1. The molecule has 2 saturated heterocycles. The molecule has 17 heavy (non-hydrogen) atoms. The molecular formula is C13H25NO2S. The van der Waals surface area contributed by atoms with Gasteiger partial charge in [-0.15, -0.1) is 0 Å². The van der Waals surface area contributed by atoms with Crippen molar-refractivity contribution in [3.05, 3.63) is 0 Å². The van der Waals surface area contributed by atoms with Crippen molar-refractivity contribution in [2.24, 2.45) is 5.92 Å². The molecule has 0 aliphatic carbocycles. The van der Waals surface area contributed by atoms with E-state index in [4.69, 9.17) is 9.47 Å². The lowest BCUT2D eigenvalue weighted by molar-refractivity contribution is -0.0884. The molecule has 0 amide bonds. The van der Waals surface area contributed by atoms with E-state index in [2.05, 4.69) is 12.2 Å². The normalized spacial score (nSPS) is 35.3. The average Bonchev–Trinajstić information content (AvgIpc) is 2.77. The molecule has 1 spiro atoms. The van der Waals surface area contributed by atoms with E-state index in [9.17, 15) is 0 Å². The fraction of sp³-hybridized carbons (Fsp3) is 1.00. The molecule has 0 saturated carbocycles. The van der Waals surface area contributed by atoms with Gasteiger partial charge in [-0.25, -0.2) is 0 Å². The Balaban J connectivity index is 1.94. The van der Waals surface area contributed by atoms with Gasteiger partial charge in [0.15, 0.2) is 0 Å². The fourth-order valence-electron chi connectivity index (χ4n) is 3.08. The van der Waals surface area contributed by atoms with Crippen molar-refractivity contribution in [3.8, 4) is 0 Å². The Kier molecular flexibility index (Phi) is 5.15. The number of hydrogen-bond acceptors (Lipinski definition) is 4. The van der Waals surface area contributed by atoms with Crippen LogP contribution >= 0.6 is 11.8 Å². The van der Waals surface area contributed by atoms with Gasteiger partial charge in [0.05, 0.1) is 12.2 Å². The molecule has 1 N–H and O–H groups in total. The number of nitrogens with one attached hydrogen (secondary N) is 1. The Labute approximate surface area is 109 Å². The maximum Gasteiger partial charge on any atom is 0.0783 e. The van der Waals surface area contributed by atoms with Crippen LogP contribution in [0.15, 0.2) is 0 Å². The molecule has 3 nitrogen and oxygen atoms in total. The molecule has 3 atom stereocenters. The van der Waals surface area contributed by atoms with E-state index in [0.29, 0.717) is 12.0 Å². The van der Waals surface area contributed by atoms with Crippen LogP contribution in [0.25, 0.3) is 0 Å². The quantitative estimate of drug-likeness (QED) is 0.817. The summed E-state index contributed by atoms with van der Waals surface area (Å²) in [4.78, 5) is 0. The first kappa shape index (κ1) is 13.7. The molecule has 0 radical (unpaired) electrons. The molecule has 3 unspecified atom stereocenters. The summed E-state index contributed by atoms with van der Waals surface area (Å²) in [6.45, 7) is 4.94. The minimum absolute atomic E-state index is 0.189. The molecule has 4 heteroatoms. The maximum absolute atomic E-state index is 6.07. The Bertz CT molecular complexity index is 225. The number of thioether (sulfide) groups is 1. The Morgan fingerprint density at radius 1 is 1.59 bits per heavy atom. The lowest BCUT2D eigenvalue weighted by Crippen LogP contribution is -2.48. The summed E-state index contributed by atoms with van der Waals surface area (Å²) in [6.07, 6.45) is 3.62. The molecule has 0 aromatic heterocycles. The molecule has 100 valence electrons. The second-order valence-corrected chi connectivity index (χ2v) is 6.31. The largest absolute Gasteiger partial charge is 0.383 e. The Morgan fingerprint density at radius 2 is 2.47 bits per heavy atom. The first-order chi connectivity index (χ1) is 8.29. The van der Waals surface area contributed by atoms with Crippen molar-refractivity contribution in [2.45, 2.75) is 37.8 Å². The zero-order valence-electron chi connectivity index (χ0n) is 11.0. The highest BCUT2D eigenvalue weighted by Crippen LogP contribution is 2.41. The smallest absolute Gasteiger partial charge is 0.0783 e. The van der Waals surface area contributed by atoms with Crippen LogP contribution in [0.5, 0.6) is 0 Å². The van der Waals surface area contributed by atoms with Gasteiger partial charge in [-0.3, -0.25) is 0 Å². The highest BCUT2D eigenvalue weighted by molar-refractivity contribution is 7.99. The van der Waals surface area contributed by atoms with E-state index >= 15 is 0 Å². The highest BCUT2D eigenvalue weighted by atomic mass is 32.2. The monoisotopic (exact) mass is 259 g/mol. The summed E-state index contributed by atoms with van der Waals surface area (Å²) in [5.41, 5.74) is 0.189. The minimum Gasteiger partial charge on any atom is -0.383 e. The third-order valence-electron chi connectivity index (χ3n) is 3.98. The topological polar surface area (TPSA) is 30.5 Å². The van der Waals surface area contributed by atoms with Gasteiger partial charge in [-0.2, -0.15) is 11.8 Å². The number of hydrogen-bond donors (Lipinski definition) is 1. The standard InChI is InChI=1S/C13H25NO2S/c1-3-14-12(9-15-2)11-4-6-16-13(8-11)5-7-17-10-13/h11-12,14H,3-10H2,1-2H3. The second kappa shape index (κ2) is 6.41. The Hall–Kier alpha value is 0.230. The molecule has 2 aliphatic heterocycles. The molecule has 2 heterocycles. The van der Waals surface area contributed by atoms with Crippen LogP contribution in [0.2, 0.25) is 0 Å². The summed E-state index contributed by atoms with van der Waals surface area (Å²) in [7, 11) is 1.80. The van der Waals surface area contributed by atoms with Gasteiger partial charge in [0.2, 0.25) is 0 Å². The SMILES string of the molecule is CCNC(COC)C1CCOC2(CCSC2)C1. The lowest BCUT2D eigenvalue weighted by Gasteiger charge is -2.41. The van der Waals surface area contributed by atoms with Gasteiger partial charge in [0.1, 0.15) is 0 Å². The molecule has 0 aromatic carbocycles. The summed E-state index contributed by atoms with van der Waals surface area (Å²) >= 11 is 2.04. The van der Waals surface area contributed by atoms with Gasteiger partial charge in [-0.05, 0) is 37.5 Å². The number of methoxy groups -OCH3 is 1. The van der Waals surface area contributed by atoms with E-state index < -0.39 is 0 Å². The van der Waals surface area contributed by atoms with Crippen LogP contribution < -0.4 is 5.32 Å². The lowest BCUT2D eigenvalue weighted by atomic mass is 9.81. The van der Waals surface area contributed by atoms with Gasteiger partial charge < -0.3 is 14.8 Å². The summed E-state index contributed by atoms with van der Waals surface area (Å²) in [6, 6.07) is 0.497. The zero-order valence-corrected chi connectivity index (χ0v) is 11.9. The van der Waals surface area contributed by atoms with Gasteiger partial charge >= 0.3 is 0 Å². The van der Waals surface area contributed by atoms with Crippen LogP contribution in [0.3, 0.4) is 0 Å². The van der Waals surface area contributed by atoms with Gasteiger partial charge in [-0.1, -0.05) is 6.92 Å². The molecular weight excluding hydrogens is 234 g/mol. The average molecular weight is 259 g/mol. The van der Waals surface area contributed by atoms with E-state index in [-0.39, 0.29) is 5.60 Å². The van der Waals surface area contributed by atoms with Crippen molar-refractivity contribution < 1.29 is 9.47 Å². The van der Waals surface area contributed by atoms with Crippen LogP contribution in [-0.4, -0.2) is 50.0 Å². The third kappa shape index (κ3) is 3.37. The van der Waals surface area contributed by atoms with E-state index in [0.717, 1.165) is 19.8 Å². The predicted molar refractivity (Wildman–Crippen MR) is 72.7 cm³/mol. The van der Waals surface area contributed by atoms with Crippen molar-refractivity contribution >= 4 is 11.8 Å². The van der Waals surface area contributed by atoms with Crippen molar-refractivity contribution in [2.75, 3.05) is 38.4 Å². The molecule has 2 aliphatic rings. The molecule has 2 rings (SSSR count). The van der Waals surface area contributed by atoms with Gasteiger partial charge in [0.25, 0.3) is 0 Å². The molecule has 0 aromatic rings. The van der Waals surface area contributed by atoms with Crippen molar-refractivity contribution in [1.29, 1.82) is 0 Å². The van der Waals surface area contributed by atoms with Crippen LogP contribution in [-0.2, 0) is 9.47 Å². The fourth-order valence-corrected chi connectivity index (χ4v) is 4.45. The van der Waals surface area contributed by atoms with Crippen molar-refractivity contribution in [3.63, 3.8) is 0 Å². The van der Waals surface area contributed by atoms with Crippen LogP contribution in [0.1, 0.15) is 26.2 Å². The number of rotatable bonds is 5. The summed E-state index contributed by atoms with van der Waals surface area (Å²) < 4.78 is 11.4. The Morgan fingerprint density at radius 3 is 3.12 bits per heavy atom. The second-order valence-electron chi connectivity index (χ2n) is 5.21. The van der Waals surface area contributed by atoms with E-state index in [1.54, 1.807) is 7.11 Å².